The van der Waals surface area contributed by atoms with Crippen LogP contribution in [0.4, 0.5) is 5.69 Å². The largest absolute Gasteiger partial charge is 0.385 e. The molecule has 1 aliphatic rings. The molecule has 1 aromatic heterocycles. The predicted molar refractivity (Wildman–Crippen MR) is 70.7 cm³/mol. The van der Waals surface area contributed by atoms with Crippen molar-refractivity contribution in [3.63, 3.8) is 0 Å². The topological polar surface area (TPSA) is 66.9 Å². The van der Waals surface area contributed by atoms with Crippen LogP contribution in [0.5, 0.6) is 0 Å². The first kappa shape index (κ1) is 12.8. The first-order valence-electron chi connectivity index (χ1n) is 6.38. The minimum atomic E-state index is -0.113. The fraction of sp³-hybridized carbons (Fsp3) is 0.615. The van der Waals surface area contributed by atoms with E-state index in [1.807, 2.05) is 13.8 Å². The number of carbonyl (C=O) groups excluding carboxylic acids is 1. The summed E-state index contributed by atoms with van der Waals surface area (Å²) >= 11 is 0. The van der Waals surface area contributed by atoms with Gasteiger partial charge in [0.2, 0.25) is 0 Å². The molecule has 18 heavy (non-hydrogen) atoms. The molecule has 0 saturated heterocycles. The Kier molecular flexibility index (Phi) is 3.50. The van der Waals surface area contributed by atoms with Gasteiger partial charge in [0.05, 0.1) is 11.9 Å². The van der Waals surface area contributed by atoms with Crippen molar-refractivity contribution in [3.8, 4) is 0 Å². The Bertz CT molecular complexity index is 458. The third-order valence-electron chi connectivity index (χ3n) is 3.23. The van der Waals surface area contributed by atoms with E-state index in [1.165, 1.54) is 0 Å². The van der Waals surface area contributed by atoms with Crippen molar-refractivity contribution in [3.05, 3.63) is 17.7 Å². The minimum Gasteiger partial charge on any atom is -0.385 e. The summed E-state index contributed by atoms with van der Waals surface area (Å²) in [5.41, 5.74) is 1.11. The fourth-order valence-electron chi connectivity index (χ4n) is 1.79. The molecule has 1 aromatic rings. The van der Waals surface area contributed by atoms with Gasteiger partial charge in [-0.05, 0) is 12.3 Å². The van der Waals surface area contributed by atoms with E-state index < -0.39 is 0 Å². The van der Waals surface area contributed by atoms with Gasteiger partial charge in [-0.15, -0.1) is 0 Å². The second-order valence-electron chi connectivity index (χ2n) is 5.19. The molecule has 0 bridgehead atoms. The van der Waals surface area contributed by atoms with Crippen molar-refractivity contribution in [1.82, 2.24) is 15.3 Å². The van der Waals surface area contributed by atoms with Gasteiger partial charge in [0.15, 0.2) is 5.69 Å². The molecular formula is C13H20N4O. The van der Waals surface area contributed by atoms with Crippen LogP contribution in [-0.2, 0) is 0 Å². The van der Waals surface area contributed by atoms with Gasteiger partial charge < -0.3 is 10.6 Å². The standard InChI is InChI=1S/C13H20N4O/c1-7(2)12-15-6-10(14-4)11(17-12)13(18)16-9-5-8(9)3/h6-9,14H,5H2,1-4H3,(H,16,18). The molecule has 0 aromatic carbocycles. The second-order valence-corrected chi connectivity index (χ2v) is 5.19. The van der Waals surface area contributed by atoms with Gasteiger partial charge in [-0.2, -0.15) is 0 Å². The van der Waals surface area contributed by atoms with Crippen LogP contribution < -0.4 is 10.6 Å². The van der Waals surface area contributed by atoms with Crippen molar-refractivity contribution in [2.45, 2.75) is 39.2 Å². The molecule has 1 heterocycles. The minimum absolute atomic E-state index is 0.113. The average Bonchev–Trinajstić information content (AvgIpc) is 3.03. The predicted octanol–water partition coefficient (Wildman–Crippen LogP) is 1.78. The van der Waals surface area contributed by atoms with Gasteiger partial charge in [0.1, 0.15) is 5.82 Å². The molecule has 2 atom stereocenters. The zero-order chi connectivity index (χ0) is 13.3. The number of amides is 1. The quantitative estimate of drug-likeness (QED) is 0.852. The molecular weight excluding hydrogens is 228 g/mol. The number of hydrogen-bond acceptors (Lipinski definition) is 4. The lowest BCUT2D eigenvalue weighted by Crippen LogP contribution is -2.28. The maximum Gasteiger partial charge on any atom is 0.272 e. The van der Waals surface area contributed by atoms with E-state index in [4.69, 9.17) is 0 Å². The summed E-state index contributed by atoms with van der Waals surface area (Å²) in [5.74, 6) is 1.38. The first-order chi connectivity index (χ1) is 8.52. The van der Waals surface area contributed by atoms with E-state index in [9.17, 15) is 4.79 Å². The van der Waals surface area contributed by atoms with Crippen LogP contribution in [0.3, 0.4) is 0 Å². The first-order valence-corrected chi connectivity index (χ1v) is 6.38. The van der Waals surface area contributed by atoms with Gasteiger partial charge in [-0.3, -0.25) is 4.79 Å². The van der Waals surface area contributed by atoms with Crippen LogP contribution in [0.2, 0.25) is 0 Å². The SMILES string of the molecule is CNc1cnc(C(C)C)nc1C(=O)NC1CC1C. The summed E-state index contributed by atoms with van der Waals surface area (Å²) in [5, 5.41) is 5.95. The highest BCUT2D eigenvalue weighted by Gasteiger charge is 2.34. The van der Waals surface area contributed by atoms with Crippen molar-refractivity contribution >= 4 is 11.6 Å². The highest BCUT2D eigenvalue weighted by molar-refractivity contribution is 5.97. The highest BCUT2D eigenvalue weighted by Crippen LogP contribution is 2.29. The van der Waals surface area contributed by atoms with Crippen molar-refractivity contribution in [1.29, 1.82) is 0 Å². The molecule has 0 aliphatic heterocycles. The van der Waals surface area contributed by atoms with Crippen molar-refractivity contribution < 1.29 is 4.79 Å². The Hall–Kier alpha value is -1.65. The lowest BCUT2D eigenvalue weighted by Gasteiger charge is -2.11. The lowest BCUT2D eigenvalue weighted by atomic mass is 10.2. The summed E-state index contributed by atoms with van der Waals surface area (Å²) < 4.78 is 0. The Labute approximate surface area is 107 Å². The zero-order valence-electron chi connectivity index (χ0n) is 11.3. The van der Waals surface area contributed by atoms with E-state index in [-0.39, 0.29) is 11.8 Å². The molecule has 0 radical (unpaired) electrons. The lowest BCUT2D eigenvalue weighted by molar-refractivity contribution is 0.0944. The van der Waals surface area contributed by atoms with Crippen molar-refractivity contribution in [2.24, 2.45) is 5.92 Å². The smallest absolute Gasteiger partial charge is 0.272 e. The molecule has 5 nitrogen and oxygen atoms in total. The van der Waals surface area contributed by atoms with Crippen LogP contribution in [0, 0.1) is 5.92 Å². The van der Waals surface area contributed by atoms with Crippen LogP contribution >= 0.6 is 0 Å². The van der Waals surface area contributed by atoms with Crippen molar-refractivity contribution in [2.75, 3.05) is 12.4 Å². The molecule has 2 rings (SSSR count). The van der Waals surface area contributed by atoms with Gasteiger partial charge >= 0.3 is 0 Å². The molecule has 1 amide bonds. The van der Waals surface area contributed by atoms with Crippen LogP contribution in [0.15, 0.2) is 6.20 Å². The second kappa shape index (κ2) is 4.92. The van der Waals surface area contributed by atoms with Gasteiger partial charge in [-0.25, -0.2) is 9.97 Å². The zero-order valence-corrected chi connectivity index (χ0v) is 11.3. The van der Waals surface area contributed by atoms with E-state index in [1.54, 1.807) is 13.2 Å². The number of nitrogens with one attached hydrogen (secondary N) is 2. The maximum absolute atomic E-state index is 12.2. The van der Waals surface area contributed by atoms with Gasteiger partial charge in [-0.1, -0.05) is 20.8 Å². The summed E-state index contributed by atoms with van der Waals surface area (Å²) in [7, 11) is 1.77. The molecule has 2 unspecified atom stereocenters. The monoisotopic (exact) mass is 248 g/mol. The summed E-state index contributed by atoms with van der Waals surface area (Å²) in [6.07, 6.45) is 2.73. The highest BCUT2D eigenvalue weighted by atomic mass is 16.2. The van der Waals surface area contributed by atoms with Crippen LogP contribution in [0.25, 0.3) is 0 Å². The number of anilines is 1. The number of carbonyl (C=O) groups is 1. The molecule has 1 fully saturated rings. The number of hydrogen-bond donors (Lipinski definition) is 2. The Morgan fingerprint density at radius 1 is 1.50 bits per heavy atom. The van der Waals surface area contributed by atoms with Crippen LogP contribution in [-0.4, -0.2) is 29.0 Å². The number of rotatable bonds is 4. The maximum atomic E-state index is 12.2. The van der Waals surface area contributed by atoms with Gasteiger partial charge in [0, 0.05) is 19.0 Å². The fourth-order valence-corrected chi connectivity index (χ4v) is 1.79. The van der Waals surface area contributed by atoms with Crippen LogP contribution in [0.1, 0.15) is 49.4 Å². The molecule has 1 saturated carbocycles. The van der Waals surface area contributed by atoms with E-state index in [0.29, 0.717) is 29.2 Å². The molecule has 0 spiro atoms. The average molecular weight is 248 g/mol. The molecule has 98 valence electrons. The summed E-state index contributed by atoms with van der Waals surface area (Å²) in [4.78, 5) is 20.8. The van der Waals surface area contributed by atoms with E-state index >= 15 is 0 Å². The third-order valence-corrected chi connectivity index (χ3v) is 3.23. The number of nitrogens with zero attached hydrogens (tertiary/aromatic N) is 2. The summed E-state index contributed by atoms with van der Waals surface area (Å²) in [6, 6.07) is 0.305. The molecule has 1 aliphatic carbocycles. The van der Waals surface area contributed by atoms with E-state index in [0.717, 1.165) is 6.42 Å². The third kappa shape index (κ3) is 2.60. The van der Waals surface area contributed by atoms with E-state index in [2.05, 4.69) is 27.5 Å². The Morgan fingerprint density at radius 2 is 2.17 bits per heavy atom. The molecule has 2 N–H and O–H groups in total. The normalized spacial score (nSPS) is 21.8. The number of aromatic nitrogens is 2. The Balaban J connectivity index is 2.22. The Morgan fingerprint density at radius 3 is 2.67 bits per heavy atom. The summed E-state index contributed by atoms with van der Waals surface area (Å²) in [6.45, 7) is 6.15. The van der Waals surface area contributed by atoms with Gasteiger partial charge in [0.25, 0.3) is 5.91 Å². The molecule has 5 heteroatoms.